The topological polar surface area (TPSA) is 72.7 Å². The quantitative estimate of drug-likeness (QED) is 0.438. The SMILES string of the molecule is O=C(OC(c1ccccc1[N+](=O)[O-])c1cccc2ccccc12)N1CCCCC1. The average molecular weight is 390 g/mol. The Bertz CT molecular complexity index is 1040. The molecule has 1 unspecified atom stereocenters. The lowest BCUT2D eigenvalue weighted by molar-refractivity contribution is -0.386. The molecule has 1 amide bonds. The molecule has 1 aliphatic rings. The summed E-state index contributed by atoms with van der Waals surface area (Å²) in [6.07, 6.45) is 1.69. The van der Waals surface area contributed by atoms with Crippen LogP contribution in [0.1, 0.15) is 36.5 Å². The number of para-hydroxylation sites is 1. The second kappa shape index (κ2) is 8.31. The van der Waals surface area contributed by atoms with Gasteiger partial charge in [0.05, 0.1) is 10.5 Å². The molecule has 0 N–H and O–H groups in total. The van der Waals surface area contributed by atoms with Crippen molar-refractivity contribution in [1.29, 1.82) is 0 Å². The molecular formula is C23H22N2O4. The second-order valence-corrected chi connectivity index (χ2v) is 7.20. The number of hydrogen-bond donors (Lipinski definition) is 0. The summed E-state index contributed by atoms with van der Waals surface area (Å²) >= 11 is 0. The number of nitrogens with zero attached hydrogens (tertiary/aromatic N) is 2. The lowest BCUT2D eigenvalue weighted by Crippen LogP contribution is -2.36. The molecule has 0 aromatic heterocycles. The summed E-state index contributed by atoms with van der Waals surface area (Å²) in [6, 6.07) is 20.0. The van der Waals surface area contributed by atoms with Crippen molar-refractivity contribution in [2.45, 2.75) is 25.4 Å². The molecule has 1 heterocycles. The molecule has 29 heavy (non-hydrogen) atoms. The van der Waals surface area contributed by atoms with Crippen molar-refractivity contribution in [2.24, 2.45) is 0 Å². The minimum absolute atomic E-state index is 0.0584. The number of rotatable bonds is 4. The molecule has 3 aromatic carbocycles. The number of carbonyl (C=O) groups is 1. The van der Waals surface area contributed by atoms with Gasteiger partial charge in [0.1, 0.15) is 0 Å². The lowest BCUT2D eigenvalue weighted by Gasteiger charge is -2.29. The Hall–Kier alpha value is -3.41. The molecule has 3 aromatic rings. The van der Waals surface area contributed by atoms with E-state index in [-0.39, 0.29) is 5.69 Å². The van der Waals surface area contributed by atoms with Gasteiger partial charge in [0.2, 0.25) is 0 Å². The molecule has 0 spiro atoms. The summed E-state index contributed by atoms with van der Waals surface area (Å²) in [4.78, 5) is 25.8. The third-order valence-corrected chi connectivity index (χ3v) is 5.35. The monoisotopic (exact) mass is 390 g/mol. The molecule has 0 aliphatic carbocycles. The fraction of sp³-hybridized carbons (Fsp3) is 0.261. The van der Waals surface area contributed by atoms with Gasteiger partial charge in [-0.15, -0.1) is 0 Å². The van der Waals surface area contributed by atoms with Crippen LogP contribution in [0.3, 0.4) is 0 Å². The van der Waals surface area contributed by atoms with Crippen LogP contribution in [0.5, 0.6) is 0 Å². The highest BCUT2D eigenvalue weighted by molar-refractivity contribution is 5.87. The first-order valence-corrected chi connectivity index (χ1v) is 9.81. The van der Waals surface area contributed by atoms with Gasteiger partial charge in [0, 0.05) is 24.7 Å². The van der Waals surface area contributed by atoms with Crippen molar-refractivity contribution in [2.75, 3.05) is 13.1 Å². The Labute approximate surface area is 168 Å². The van der Waals surface area contributed by atoms with Crippen LogP contribution in [-0.2, 0) is 4.74 Å². The lowest BCUT2D eigenvalue weighted by atomic mass is 9.95. The van der Waals surface area contributed by atoms with Gasteiger partial charge in [-0.2, -0.15) is 0 Å². The number of amides is 1. The first-order chi connectivity index (χ1) is 14.1. The Balaban J connectivity index is 1.81. The number of piperidine rings is 1. The van der Waals surface area contributed by atoms with Crippen LogP contribution in [0, 0.1) is 10.1 Å². The van der Waals surface area contributed by atoms with Crippen molar-refractivity contribution in [3.63, 3.8) is 0 Å². The fourth-order valence-electron chi connectivity index (χ4n) is 3.90. The number of nitro groups is 1. The van der Waals surface area contributed by atoms with Gasteiger partial charge in [-0.05, 0) is 36.1 Å². The van der Waals surface area contributed by atoms with Crippen LogP contribution in [0.15, 0.2) is 66.7 Å². The third kappa shape index (κ3) is 3.92. The first kappa shape index (κ1) is 18.9. The van der Waals surface area contributed by atoms with Gasteiger partial charge in [-0.25, -0.2) is 4.79 Å². The molecule has 1 fully saturated rings. The van der Waals surface area contributed by atoms with Gasteiger partial charge in [-0.3, -0.25) is 10.1 Å². The van der Waals surface area contributed by atoms with Crippen molar-refractivity contribution < 1.29 is 14.5 Å². The predicted molar refractivity (Wildman–Crippen MR) is 111 cm³/mol. The third-order valence-electron chi connectivity index (χ3n) is 5.35. The minimum atomic E-state index is -0.864. The molecule has 6 heteroatoms. The highest BCUT2D eigenvalue weighted by Gasteiger charge is 2.30. The molecule has 0 saturated carbocycles. The zero-order valence-corrected chi connectivity index (χ0v) is 16.0. The zero-order chi connectivity index (χ0) is 20.2. The van der Waals surface area contributed by atoms with Crippen LogP contribution < -0.4 is 0 Å². The molecule has 6 nitrogen and oxygen atoms in total. The largest absolute Gasteiger partial charge is 0.436 e. The smallest absolute Gasteiger partial charge is 0.410 e. The van der Waals surface area contributed by atoms with Crippen LogP contribution in [0.4, 0.5) is 10.5 Å². The Morgan fingerprint density at radius 3 is 2.34 bits per heavy atom. The number of likely N-dealkylation sites (tertiary alicyclic amines) is 1. The predicted octanol–water partition coefficient (Wildman–Crippen LogP) is 5.46. The summed E-state index contributed by atoms with van der Waals surface area (Å²) < 4.78 is 5.94. The van der Waals surface area contributed by atoms with Crippen molar-refractivity contribution in [3.8, 4) is 0 Å². The Kier molecular flexibility index (Phi) is 5.42. The maximum atomic E-state index is 12.9. The van der Waals surface area contributed by atoms with E-state index in [2.05, 4.69) is 0 Å². The molecular weight excluding hydrogens is 368 g/mol. The molecule has 1 atom stereocenters. The zero-order valence-electron chi connectivity index (χ0n) is 16.0. The van der Waals surface area contributed by atoms with E-state index in [1.807, 2.05) is 42.5 Å². The van der Waals surface area contributed by atoms with E-state index in [1.54, 1.807) is 23.1 Å². The molecule has 4 rings (SSSR count). The number of benzene rings is 3. The average Bonchev–Trinajstić information content (AvgIpc) is 2.77. The van der Waals surface area contributed by atoms with E-state index in [1.165, 1.54) is 6.07 Å². The van der Waals surface area contributed by atoms with Crippen molar-refractivity contribution in [1.82, 2.24) is 4.90 Å². The maximum Gasteiger partial charge on any atom is 0.410 e. The number of ether oxygens (including phenoxy) is 1. The second-order valence-electron chi connectivity index (χ2n) is 7.20. The van der Waals surface area contributed by atoms with E-state index < -0.39 is 17.1 Å². The molecule has 148 valence electrons. The molecule has 1 saturated heterocycles. The van der Waals surface area contributed by atoms with E-state index in [0.29, 0.717) is 18.7 Å². The molecule has 1 aliphatic heterocycles. The summed E-state index contributed by atoms with van der Waals surface area (Å²) in [6.45, 7) is 1.30. The highest BCUT2D eigenvalue weighted by atomic mass is 16.6. The van der Waals surface area contributed by atoms with Crippen LogP contribution in [0.25, 0.3) is 10.8 Å². The van der Waals surface area contributed by atoms with E-state index >= 15 is 0 Å². The van der Waals surface area contributed by atoms with Crippen LogP contribution in [-0.4, -0.2) is 29.0 Å². The Morgan fingerprint density at radius 1 is 0.897 bits per heavy atom. The standard InChI is InChI=1S/C23H22N2O4/c26-23(24-15-6-1-7-16-24)29-22(20-12-4-5-14-21(20)25(27)28)19-13-8-10-17-9-2-3-11-18(17)19/h2-5,8-14,22H,1,6-7,15-16H2. The first-order valence-electron chi connectivity index (χ1n) is 9.81. The normalized spacial score (nSPS) is 15.1. The summed E-state index contributed by atoms with van der Waals surface area (Å²) in [5.74, 6) is 0. The summed E-state index contributed by atoms with van der Waals surface area (Å²) in [5.41, 5.74) is 1.05. The van der Waals surface area contributed by atoms with Crippen molar-refractivity contribution in [3.05, 3.63) is 88.0 Å². The number of nitro benzene ring substituents is 1. The number of hydrogen-bond acceptors (Lipinski definition) is 4. The number of fused-ring (bicyclic) bond motifs is 1. The van der Waals surface area contributed by atoms with E-state index in [9.17, 15) is 14.9 Å². The number of carbonyl (C=O) groups excluding carboxylic acids is 1. The summed E-state index contributed by atoms with van der Waals surface area (Å²) in [7, 11) is 0. The summed E-state index contributed by atoms with van der Waals surface area (Å²) in [5, 5.41) is 13.6. The van der Waals surface area contributed by atoms with E-state index in [0.717, 1.165) is 35.6 Å². The van der Waals surface area contributed by atoms with Crippen LogP contribution >= 0.6 is 0 Å². The minimum Gasteiger partial charge on any atom is -0.436 e. The molecule has 0 bridgehead atoms. The van der Waals surface area contributed by atoms with Crippen LogP contribution in [0.2, 0.25) is 0 Å². The van der Waals surface area contributed by atoms with E-state index in [4.69, 9.17) is 4.74 Å². The van der Waals surface area contributed by atoms with Gasteiger partial charge in [0.15, 0.2) is 6.10 Å². The van der Waals surface area contributed by atoms with Crippen molar-refractivity contribution >= 4 is 22.6 Å². The van der Waals surface area contributed by atoms with Gasteiger partial charge in [-0.1, -0.05) is 54.6 Å². The fourth-order valence-corrected chi connectivity index (χ4v) is 3.90. The molecule has 0 radical (unpaired) electrons. The van der Waals surface area contributed by atoms with Gasteiger partial charge >= 0.3 is 6.09 Å². The Morgan fingerprint density at radius 2 is 1.55 bits per heavy atom. The highest BCUT2D eigenvalue weighted by Crippen LogP contribution is 2.36. The van der Waals surface area contributed by atoms with Gasteiger partial charge in [0.25, 0.3) is 5.69 Å². The van der Waals surface area contributed by atoms with Gasteiger partial charge < -0.3 is 9.64 Å². The maximum absolute atomic E-state index is 12.9.